The summed E-state index contributed by atoms with van der Waals surface area (Å²) in [4.78, 5) is 15.2. The van der Waals surface area contributed by atoms with Crippen molar-refractivity contribution in [2.24, 2.45) is 5.92 Å². The van der Waals surface area contributed by atoms with Gasteiger partial charge in [0.2, 0.25) is 0 Å². The molecule has 0 heterocycles. The Labute approximate surface area is 177 Å². The average molecular weight is 413 g/mol. The number of hydrogen-bond acceptors (Lipinski definition) is 5. The lowest BCUT2D eigenvalue weighted by Gasteiger charge is -2.45. The minimum atomic E-state index is -0.753. The second-order valence-electron chi connectivity index (χ2n) is 7.53. The van der Waals surface area contributed by atoms with Crippen LogP contribution in [0.25, 0.3) is 0 Å². The molecule has 0 aliphatic carbocycles. The third kappa shape index (κ3) is 5.24. The van der Waals surface area contributed by atoms with E-state index in [0.717, 1.165) is 11.1 Å². The smallest absolute Gasteiger partial charge is 0.311 e. The van der Waals surface area contributed by atoms with Crippen LogP contribution in [0.1, 0.15) is 42.9 Å². The zero-order chi connectivity index (χ0) is 22.1. The number of aliphatic hydroxyl groups is 1. The number of halogens is 1. The lowest BCUT2D eigenvalue weighted by atomic mass is 9.72. The van der Waals surface area contributed by atoms with Gasteiger partial charge in [0.25, 0.3) is 0 Å². The highest BCUT2D eigenvalue weighted by atomic mass is 19.1. The van der Waals surface area contributed by atoms with Gasteiger partial charge in [-0.2, -0.15) is 5.26 Å². The highest BCUT2D eigenvalue weighted by molar-refractivity contribution is 5.74. The SMILES string of the molecule is CCC(C(=O)OCc1cccc(C#N)c1)C(CCCO)(c1ccc(F)cc1)N(C)C. The lowest BCUT2D eigenvalue weighted by Crippen LogP contribution is -2.51. The topological polar surface area (TPSA) is 73.6 Å². The molecule has 30 heavy (non-hydrogen) atoms. The van der Waals surface area contributed by atoms with Gasteiger partial charge < -0.3 is 9.84 Å². The summed E-state index contributed by atoms with van der Waals surface area (Å²) in [6, 6.07) is 15.2. The van der Waals surface area contributed by atoms with Gasteiger partial charge in [-0.05, 0) is 68.8 Å². The van der Waals surface area contributed by atoms with Crippen molar-refractivity contribution in [1.29, 1.82) is 5.26 Å². The van der Waals surface area contributed by atoms with Crippen molar-refractivity contribution in [2.45, 2.75) is 38.3 Å². The summed E-state index contributed by atoms with van der Waals surface area (Å²) >= 11 is 0. The molecule has 0 aliphatic heterocycles. The molecule has 0 fully saturated rings. The van der Waals surface area contributed by atoms with E-state index in [4.69, 9.17) is 10.00 Å². The van der Waals surface area contributed by atoms with Gasteiger partial charge in [0.1, 0.15) is 12.4 Å². The molecule has 6 heteroatoms. The van der Waals surface area contributed by atoms with Gasteiger partial charge >= 0.3 is 5.97 Å². The summed E-state index contributed by atoms with van der Waals surface area (Å²) in [5.74, 6) is -1.24. The lowest BCUT2D eigenvalue weighted by molar-refractivity contribution is -0.157. The van der Waals surface area contributed by atoms with Crippen LogP contribution in [0.2, 0.25) is 0 Å². The van der Waals surface area contributed by atoms with Gasteiger partial charge in [0, 0.05) is 6.61 Å². The molecular formula is C24H29FN2O3. The summed E-state index contributed by atoms with van der Waals surface area (Å²) in [6.45, 7) is 1.98. The first-order valence-electron chi connectivity index (χ1n) is 10.1. The van der Waals surface area contributed by atoms with Gasteiger partial charge in [-0.1, -0.05) is 31.2 Å². The monoisotopic (exact) mass is 412 g/mol. The fourth-order valence-corrected chi connectivity index (χ4v) is 4.09. The Morgan fingerprint density at radius 2 is 1.97 bits per heavy atom. The summed E-state index contributed by atoms with van der Waals surface area (Å²) < 4.78 is 19.2. The van der Waals surface area contributed by atoms with E-state index in [2.05, 4.69) is 6.07 Å². The molecule has 0 aromatic heterocycles. The van der Waals surface area contributed by atoms with Gasteiger partial charge in [-0.3, -0.25) is 9.69 Å². The maximum atomic E-state index is 13.6. The van der Waals surface area contributed by atoms with E-state index in [1.807, 2.05) is 25.9 Å². The van der Waals surface area contributed by atoms with Crippen molar-refractivity contribution < 1.29 is 19.0 Å². The molecule has 2 aromatic rings. The first kappa shape index (κ1) is 23.5. The molecule has 160 valence electrons. The standard InChI is InChI=1S/C24H29FN2O3/c1-4-22(23(29)30-17-19-8-5-7-18(15-19)16-26)24(27(2)3,13-6-14-28)20-9-11-21(25)12-10-20/h5,7-12,15,22,28H,4,6,13-14,17H2,1-3H3. The quantitative estimate of drug-likeness (QED) is 0.597. The van der Waals surface area contributed by atoms with Crippen molar-refractivity contribution in [2.75, 3.05) is 20.7 Å². The zero-order valence-corrected chi connectivity index (χ0v) is 17.8. The average Bonchev–Trinajstić information content (AvgIpc) is 2.75. The molecular weight excluding hydrogens is 383 g/mol. The maximum Gasteiger partial charge on any atom is 0.311 e. The Kier molecular flexibility index (Phi) is 8.52. The molecule has 2 aromatic carbocycles. The third-order valence-electron chi connectivity index (χ3n) is 5.56. The van der Waals surface area contributed by atoms with Crippen LogP contribution in [0, 0.1) is 23.1 Å². The number of esters is 1. The molecule has 1 N–H and O–H groups in total. The van der Waals surface area contributed by atoms with Crippen LogP contribution in [0.3, 0.4) is 0 Å². The Bertz CT molecular complexity index is 877. The Morgan fingerprint density at radius 3 is 2.53 bits per heavy atom. The van der Waals surface area contributed by atoms with E-state index in [9.17, 15) is 14.3 Å². The van der Waals surface area contributed by atoms with E-state index >= 15 is 0 Å². The van der Waals surface area contributed by atoms with E-state index in [1.54, 1.807) is 36.4 Å². The predicted molar refractivity (Wildman–Crippen MR) is 113 cm³/mol. The van der Waals surface area contributed by atoms with Crippen LogP contribution in [0.5, 0.6) is 0 Å². The number of aliphatic hydroxyl groups excluding tert-OH is 1. The van der Waals surface area contributed by atoms with Crippen molar-refractivity contribution in [3.8, 4) is 6.07 Å². The third-order valence-corrected chi connectivity index (χ3v) is 5.56. The molecule has 5 nitrogen and oxygen atoms in total. The predicted octanol–water partition coefficient (Wildman–Crippen LogP) is 4.00. The van der Waals surface area contributed by atoms with Crippen molar-refractivity contribution in [1.82, 2.24) is 4.90 Å². The van der Waals surface area contributed by atoms with E-state index in [0.29, 0.717) is 24.8 Å². The van der Waals surface area contributed by atoms with Crippen LogP contribution in [-0.2, 0) is 21.7 Å². The minimum Gasteiger partial charge on any atom is -0.461 e. The number of nitriles is 1. The van der Waals surface area contributed by atoms with Crippen molar-refractivity contribution in [3.63, 3.8) is 0 Å². The Hall–Kier alpha value is -2.75. The van der Waals surface area contributed by atoms with Crippen molar-refractivity contribution in [3.05, 3.63) is 71.0 Å². The maximum absolute atomic E-state index is 13.6. The van der Waals surface area contributed by atoms with E-state index < -0.39 is 11.5 Å². The highest BCUT2D eigenvalue weighted by Gasteiger charge is 2.45. The molecule has 0 amide bonds. The molecule has 0 bridgehead atoms. The van der Waals surface area contributed by atoms with Crippen LogP contribution < -0.4 is 0 Å². The van der Waals surface area contributed by atoms with Gasteiger partial charge in [0.05, 0.1) is 23.1 Å². The normalized spacial score (nSPS) is 14.0. The van der Waals surface area contributed by atoms with Crippen LogP contribution in [-0.4, -0.2) is 36.7 Å². The fourth-order valence-electron chi connectivity index (χ4n) is 4.09. The largest absolute Gasteiger partial charge is 0.461 e. The van der Waals surface area contributed by atoms with E-state index in [1.165, 1.54) is 12.1 Å². The molecule has 2 unspecified atom stereocenters. The van der Waals surface area contributed by atoms with Crippen LogP contribution >= 0.6 is 0 Å². The Balaban J connectivity index is 2.36. The summed E-state index contributed by atoms with van der Waals surface area (Å²) in [5.41, 5.74) is 1.30. The highest BCUT2D eigenvalue weighted by Crippen LogP contribution is 2.41. The second kappa shape index (κ2) is 10.9. The number of nitrogens with zero attached hydrogens (tertiary/aromatic N) is 2. The zero-order valence-electron chi connectivity index (χ0n) is 17.8. The van der Waals surface area contributed by atoms with Crippen molar-refractivity contribution >= 4 is 5.97 Å². The number of carbonyl (C=O) groups is 1. The number of carbonyl (C=O) groups excluding carboxylic acids is 1. The van der Waals surface area contributed by atoms with Gasteiger partial charge in [-0.15, -0.1) is 0 Å². The fraction of sp³-hybridized carbons (Fsp3) is 0.417. The molecule has 0 saturated heterocycles. The number of ether oxygens (including phenoxy) is 1. The van der Waals surface area contributed by atoms with Crippen LogP contribution in [0.15, 0.2) is 48.5 Å². The summed E-state index contributed by atoms with van der Waals surface area (Å²) in [7, 11) is 3.76. The molecule has 0 saturated carbocycles. The first-order chi connectivity index (χ1) is 14.4. The van der Waals surface area contributed by atoms with Gasteiger partial charge in [0.15, 0.2) is 0 Å². The van der Waals surface area contributed by atoms with E-state index in [-0.39, 0.29) is 25.0 Å². The number of hydrogen-bond donors (Lipinski definition) is 1. The van der Waals surface area contributed by atoms with Gasteiger partial charge in [-0.25, -0.2) is 4.39 Å². The first-order valence-corrected chi connectivity index (χ1v) is 10.1. The molecule has 0 aliphatic rings. The summed E-state index contributed by atoms with van der Waals surface area (Å²) in [6.07, 6.45) is 1.52. The molecule has 2 atom stereocenters. The molecule has 0 spiro atoms. The van der Waals surface area contributed by atoms with Crippen LogP contribution in [0.4, 0.5) is 4.39 Å². The molecule has 2 rings (SSSR count). The Morgan fingerprint density at radius 1 is 1.27 bits per heavy atom. The molecule has 0 radical (unpaired) electrons. The second-order valence-corrected chi connectivity index (χ2v) is 7.53. The number of rotatable bonds is 10. The number of benzene rings is 2. The minimum absolute atomic E-state index is 0.0107. The summed E-state index contributed by atoms with van der Waals surface area (Å²) in [5, 5.41) is 18.5.